The number of nitrogens with zero attached hydrogens (tertiary/aromatic N) is 1. The van der Waals surface area contributed by atoms with Crippen LogP contribution in [-0.4, -0.2) is 39.8 Å². The van der Waals surface area contributed by atoms with E-state index in [4.69, 9.17) is 10.5 Å². The number of carbonyl (C=O) groups is 2. The third kappa shape index (κ3) is 2.56. The number of ether oxygens (including phenoxy) is 2. The maximum absolute atomic E-state index is 11.7. The number of rotatable bonds is 4. The van der Waals surface area contributed by atoms with Crippen molar-refractivity contribution in [2.45, 2.75) is 6.92 Å². The molecule has 1 aromatic heterocycles. The molecule has 1 rings (SSSR count). The second-order valence-electron chi connectivity index (χ2n) is 3.63. The molecule has 0 bridgehead atoms. The van der Waals surface area contributed by atoms with Gasteiger partial charge < -0.3 is 20.1 Å². The summed E-state index contributed by atoms with van der Waals surface area (Å²) in [6, 6.07) is 0. The van der Waals surface area contributed by atoms with E-state index in [-0.39, 0.29) is 22.7 Å². The van der Waals surface area contributed by atoms with E-state index in [1.807, 2.05) is 0 Å². The molecule has 0 fully saturated rings. The molecule has 1 aromatic rings. The van der Waals surface area contributed by atoms with Gasteiger partial charge in [-0.1, -0.05) is 0 Å². The number of esters is 2. The average molecular weight is 272 g/mol. The summed E-state index contributed by atoms with van der Waals surface area (Å²) in [6.45, 7) is 1.96. The topological polar surface area (TPSA) is 81.9 Å². The summed E-state index contributed by atoms with van der Waals surface area (Å²) in [5.74, 6) is -1.10. The standard InChI is InChI=1S/C11H16N2O4S/c1-5-17-11(15)8-7(12)6(10(14)16-4)9(18-8)13(2)3/h5,12H2,1-4H3. The minimum absolute atomic E-state index is 0.106. The lowest BCUT2D eigenvalue weighted by atomic mass is 10.2. The lowest BCUT2D eigenvalue weighted by molar-refractivity contribution is 0.0533. The summed E-state index contributed by atoms with van der Waals surface area (Å²) < 4.78 is 9.56. The summed E-state index contributed by atoms with van der Waals surface area (Å²) in [4.78, 5) is 25.3. The van der Waals surface area contributed by atoms with Crippen LogP contribution in [0.1, 0.15) is 27.0 Å². The van der Waals surface area contributed by atoms with Crippen LogP contribution in [0.4, 0.5) is 10.7 Å². The summed E-state index contributed by atoms with van der Waals surface area (Å²) in [5, 5.41) is 0.572. The van der Waals surface area contributed by atoms with Gasteiger partial charge in [-0.3, -0.25) is 0 Å². The fourth-order valence-corrected chi connectivity index (χ4v) is 2.42. The molecule has 1 heterocycles. The Kier molecular flexibility index (Phi) is 4.55. The van der Waals surface area contributed by atoms with Crippen LogP contribution in [-0.2, 0) is 9.47 Å². The first kappa shape index (κ1) is 14.3. The molecule has 0 aliphatic rings. The number of nitrogens with two attached hydrogens (primary N) is 1. The van der Waals surface area contributed by atoms with E-state index < -0.39 is 11.9 Å². The van der Waals surface area contributed by atoms with Crippen LogP contribution in [0.25, 0.3) is 0 Å². The smallest absolute Gasteiger partial charge is 0.350 e. The highest BCUT2D eigenvalue weighted by atomic mass is 32.1. The van der Waals surface area contributed by atoms with Crippen LogP contribution in [0.3, 0.4) is 0 Å². The second-order valence-corrected chi connectivity index (χ2v) is 4.63. The Morgan fingerprint density at radius 3 is 2.39 bits per heavy atom. The predicted octanol–water partition coefficient (Wildman–Crippen LogP) is 1.36. The molecule has 0 spiro atoms. The number of methoxy groups -OCH3 is 1. The summed E-state index contributed by atoms with van der Waals surface area (Å²) >= 11 is 1.11. The highest BCUT2D eigenvalue weighted by Gasteiger charge is 2.27. The minimum atomic E-state index is -0.567. The van der Waals surface area contributed by atoms with Crippen molar-refractivity contribution >= 4 is 34.0 Å². The number of hydrogen-bond donors (Lipinski definition) is 1. The van der Waals surface area contributed by atoms with Gasteiger partial charge in [-0.15, -0.1) is 11.3 Å². The molecule has 0 atom stereocenters. The SMILES string of the molecule is CCOC(=O)c1sc(N(C)C)c(C(=O)OC)c1N. The van der Waals surface area contributed by atoms with Gasteiger partial charge in [0.1, 0.15) is 15.4 Å². The molecule has 0 aromatic carbocycles. The largest absolute Gasteiger partial charge is 0.465 e. The van der Waals surface area contributed by atoms with Crippen molar-refractivity contribution in [3.63, 3.8) is 0 Å². The Morgan fingerprint density at radius 1 is 1.33 bits per heavy atom. The first-order chi connectivity index (χ1) is 8.43. The van der Waals surface area contributed by atoms with Crippen molar-refractivity contribution in [1.29, 1.82) is 0 Å². The minimum Gasteiger partial charge on any atom is -0.465 e. The van der Waals surface area contributed by atoms with Gasteiger partial charge in [0.15, 0.2) is 0 Å². The summed E-state index contributed by atoms with van der Waals surface area (Å²) in [5.41, 5.74) is 6.14. The molecule has 0 aliphatic carbocycles. The van der Waals surface area contributed by atoms with Crippen LogP contribution in [0.2, 0.25) is 0 Å². The fourth-order valence-electron chi connectivity index (χ4n) is 1.39. The molecular formula is C11H16N2O4S. The van der Waals surface area contributed by atoms with Gasteiger partial charge in [-0.25, -0.2) is 9.59 Å². The first-order valence-electron chi connectivity index (χ1n) is 5.29. The molecule has 0 amide bonds. The van der Waals surface area contributed by atoms with Crippen LogP contribution in [0.5, 0.6) is 0 Å². The Balaban J connectivity index is 3.32. The van der Waals surface area contributed by atoms with Crippen molar-refractivity contribution in [2.75, 3.05) is 38.4 Å². The predicted molar refractivity (Wildman–Crippen MR) is 70.4 cm³/mol. The molecule has 6 nitrogen and oxygen atoms in total. The van der Waals surface area contributed by atoms with Crippen molar-refractivity contribution in [1.82, 2.24) is 0 Å². The molecule has 0 radical (unpaired) electrons. The molecule has 18 heavy (non-hydrogen) atoms. The van der Waals surface area contributed by atoms with Gasteiger partial charge in [-0.05, 0) is 6.92 Å². The van der Waals surface area contributed by atoms with E-state index >= 15 is 0 Å². The Morgan fingerprint density at radius 2 is 1.94 bits per heavy atom. The second kappa shape index (κ2) is 5.72. The highest BCUT2D eigenvalue weighted by Crippen LogP contribution is 2.38. The monoisotopic (exact) mass is 272 g/mol. The van der Waals surface area contributed by atoms with E-state index in [9.17, 15) is 9.59 Å². The number of anilines is 2. The fraction of sp³-hybridized carbons (Fsp3) is 0.455. The van der Waals surface area contributed by atoms with Crippen LogP contribution in [0.15, 0.2) is 0 Å². The molecule has 7 heteroatoms. The number of nitrogen functional groups attached to an aromatic ring is 1. The van der Waals surface area contributed by atoms with Crippen molar-refractivity contribution in [2.24, 2.45) is 0 Å². The first-order valence-corrected chi connectivity index (χ1v) is 6.10. The van der Waals surface area contributed by atoms with Crippen LogP contribution in [0, 0.1) is 0 Å². The molecule has 0 unspecified atom stereocenters. The Labute approximate surface area is 109 Å². The zero-order valence-electron chi connectivity index (χ0n) is 10.8. The average Bonchev–Trinajstić information content (AvgIpc) is 2.66. The molecule has 100 valence electrons. The molecule has 0 saturated heterocycles. The normalized spacial score (nSPS) is 10.0. The molecular weight excluding hydrogens is 256 g/mol. The summed E-state index contributed by atoms with van der Waals surface area (Å²) in [6.07, 6.45) is 0. The molecule has 2 N–H and O–H groups in total. The molecule has 0 aliphatic heterocycles. The van der Waals surface area contributed by atoms with E-state index in [1.165, 1.54) is 7.11 Å². The maximum Gasteiger partial charge on any atom is 0.350 e. The van der Waals surface area contributed by atoms with Gasteiger partial charge >= 0.3 is 11.9 Å². The van der Waals surface area contributed by atoms with Gasteiger partial charge in [0.25, 0.3) is 0 Å². The number of carbonyl (C=O) groups excluding carboxylic acids is 2. The van der Waals surface area contributed by atoms with E-state index in [0.29, 0.717) is 5.00 Å². The lowest BCUT2D eigenvalue weighted by Crippen LogP contribution is -2.13. The van der Waals surface area contributed by atoms with Crippen LogP contribution >= 0.6 is 11.3 Å². The van der Waals surface area contributed by atoms with E-state index in [0.717, 1.165) is 11.3 Å². The van der Waals surface area contributed by atoms with Gasteiger partial charge in [0, 0.05) is 14.1 Å². The van der Waals surface area contributed by atoms with Crippen molar-refractivity contribution < 1.29 is 19.1 Å². The molecule has 0 saturated carbocycles. The van der Waals surface area contributed by atoms with Crippen molar-refractivity contribution in [3.8, 4) is 0 Å². The Hall–Kier alpha value is -1.76. The zero-order valence-corrected chi connectivity index (χ0v) is 11.6. The van der Waals surface area contributed by atoms with E-state index in [1.54, 1.807) is 25.9 Å². The van der Waals surface area contributed by atoms with Crippen molar-refractivity contribution in [3.05, 3.63) is 10.4 Å². The number of thiophene rings is 1. The summed E-state index contributed by atoms with van der Waals surface area (Å²) in [7, 11) is 4.78. The maximum atomic E-state index is 11.7. The Bertz CT molecular complexity index is 468. The third-order valence-corrected chi connectivity index (χ3v) is 3.54. The van der Waals surface area contributed by atoms with Gasteiger partial charge in [0.05, 0.1) is 19.4 Å². The quantitative estimate of drug-likeness (QED) is 0.833. The van der Waals surface area contributed by atoms with Crippen LogP contribution < -0.4 is 10.6 Å². The zero-order chi connectivity index (χ0) is 13.9. The third-order valence-electron chi connectivity index (χ3n) is 2.18. The lowest BCUT2D eigenvalue weighted by Gasteiger charge is -2.11. The van der Waals surface area contributed by atoms with E-state index in [2.05, 4.69) is 4.74 Å². The highest BCUT2D eigenvalue weighted by molar-refractivity contribution is 7.19. The van der Waals surface area contributed by atoms with Gasteiger partial charge in [-0.2, -0.15) is 0 Å². The number of hydrogen-bond acceptors (Lipinski definition) is 7. The van der Waals surface area contributed by atoms with Gasteiger partial charge in [0.2, 0.25) is 0 Å².